The quantitative estimate of drug-likeness (QED) is 0.879. The summed E-state index contributed by atoms with van der Waals surface area (Å²) in [4.78, 5) is 22.3. The predicted octanol–water partition coefficient (Wildman–Crippen LogP) is 1.66. The van der Waals surface area contributed by atoms with Gasteiger partial charge in [-0.2, -0.15) is 0 Å². The van der Waals surface area contributed by atoms with Crippen molar-refractivity contribution in [3.63, 3.8) is 0 Å². The van der Waals surface area contributed by atoms with Crippen LogP contribution in [0.15, 0.2) is 30.5 Å². The zero-order valence-electron chi connectivity index (χ0n) is 12.2. The van der Waals surface area contributed by atoms with Crippen LogP contribution in [-0.2, 0) is 13.0 Å². The summed E-state index contributed by atoms with van der Waals surface area (Å²) < 4.78 is 5.24. The summed E-state index contributed by atoms with van der Waals surface area (Å²) in [5.74, 6) is 0.852. The van der Waals surface area contributed by atoms with E-state index in [1.807, 2.05) is 12.1 Å². The minimum absolute atomic E-state index is 0.188. The van der Waals surface area contributed by atoms with Gasteiger partial charge in [0.2, 0.25) is 5.95 Å². The van der Waals surface area contributed by atoms with Crippen molar-refractivity contribution in [3.05, 3.63) is 41.7 Å². The summed E-state index contributed by atoms with van der Waals surface area (Å²) in [5, 5.41) is 2.86. The highest BCUT2D eigenvalue weighted by Gasteiger charge is 2.22. The maximum absolute atomic E-state index is 12.4. The van der Waals surface area contributed by atoms with Crippen LogP contribution in [0.1, 0.15) is 11.3 Å². The minimum atomic E-state index is -0.188. The van der Waals surface area contributed by atoms with E-state index in [0.29, 0.717) is 24.5 Å². The number of ether oxygens (including phenoxy) is 1. The maximum Gasteiger partial charge on any atom is 0.322 e. The van der Waals surface area contributed by atoms with Crippen LogP contribution >= 0.6 is 0 Å². The summed E-state index contributed by atoms with van der Waals surface area (Å²) in [7, 11) is 1.57. The first-order chi connectivity index (χ1) is 10.7. The number of hydrogen-bond acceptors (Lipinski definition) is 5. The van der Waals surface area contributed by atoms with E-state index in [4.69, 9.17) is 10.5 Å². The fraction of sp³-hybridized carbons (Fsp3) is 0.267. The van der Waals surface area contributed by atoms with Crippen LogP contribution in [0.25, 0.3) is 0 Å². The van der Waals surface area contributed by atoms with Crippen LogP contribution < -0.4 is 15.8 Å². The minimum Gasteiger partial charge on any atom is -0.495 e. The Morgan fingerprint density at radius 1 is 1.41 bits per heavy atom. The highest BCUT2D eigenvalue weighted by atomic mass is 16.5. The molecule has 0 atom stereocenters. The molecule has 2 aromatic rings. The smallest absolute Gasteiger partial charge is 0.322 e. The molecule has 2 heterocycles. The number of methoxy groups -OCH3 is 1. The van der Waals surface area contributed by atoms with Gasteiger partial charge >= 0.3 is 6.03 Å². The fourth-order valence-electron chi connectivity index (χ4n) is 2.43. The topological polar surface area (TPSA) is 93.4 Å². The lowest BCUT2D eigenvalue weighted by Crippen LogP contribution is -2.39. The molecule has 0 unspecified atom stereocenters. The number of nitrogens with one attached hydrogen (secondary N) is 1. The number of nitrogens with two attached hydrogens (primary N) is 1. The third kappa shape index (κ3) is 2.78. The van der Waals surface area contributed by atoms with Crippen molar-refractivity contribution in [1.82, 2.24) is 14.9 Å². The molecule has 3 N–H and O–H groups in total. The number of aromatic nitrogens is 2. The number of carbonyl (C=O) groups is 1. The molecule has 0 saturated carbocycles. The van der Waals surface area contributed by atoms with E-state index in [1.54, 1.807) is 30.3 Å². The summed E-state index contributed by atoms with van der Waals surface area (Å²) in [6.45, 7) is 1.03. The van der Waals surface area contributed by atoms with E-state index in [1.165, 1.54) is 0 Å². The van der Waals surface area contributed by atoms with E-state index >= 15 is 0 Å². The van der Waals surface area contributed by atoms with Gasteiger partial charge in [-0.3, -0.25) is 0 Å². The number of carbonyl (C=O) groups excluding carboxylic acids is 1. The number of rotatable bonds is 2. The molecule has 3 rings (SSSR count). The molecule has 1 aliphatic heterocycles. The largest absolute Gasteiger partial charge is 0.495 e. The summed E-state index contributed by atoms with van der Waals surface area (Å²) in [6.07, 6.45) is 2.45. The van der Waals surface area contributed by atoms with E-state index in [-0.39, 0.29) is 12.0 Å². The molecule has 0 bridgehead atoms. The first-order valence-corrected chi connectivity index (χ1v) is 6.96. The lowest BCUT2D eigenvalue weighted by molar-refractivity contribution is 0.205. The van der Waals surface area contributed by atoms with E-state index in [0.717, 1.165) is 17.7 Å². The summed E-state index contributed by atoms with van der Waals surface area (Å²) >= 11 is 0. The second-order valence-electron chi connectivity index (χ2n) is 5.00. The Bertz CT molecular complexity index is 704. The molecule has 7 nitrogen and oxygen atoms in total. The Balaban J connectivity index is 1.74. The van der Waals surface area contributed by atoms with Gasteiger partial charge in [0.1, 0.15) is 5.75 Å². The van der Waals surface area contributed by atoms with Gasteiger partial charge in [-0.15, -0.1) is 0 Å². The number of fused-ring (bicyclic) bond motifs is 1. The molecule has 2 amide bonds. The van der Waals surface area contributed by atoms with Gasteiger partial charge in [0.05, 0.1) is 25.0 Å². The fourth-order valence-corrected chi connectivity index (χ4v) is 2.43. The van der Waals surface area contributed by atoms with Gasteiger partial charge in [0.15, 0.2) is 0 Å². The molecule has 1 aliphatic rings. The van der Waals surface area contributed by atoms with E-state index < -0.39 is 0 Å². The second-order valence-corrected chi connectivity index (χ2v) is 5.00. The van der Waals surface area contributed by atoms with Crippen molar-refractivity contribution in [2.24, 2.45) is 0 Å². The Labute approximate surface area is 128 Å². The standard InChI is InChI=1S/C15H17N5O2/c1-22-13-5-3-2-4-11(13)19-15(21)20-7-6-10-8-17-14(16)18-12(10)9-20/h2-5,8H,6-7,9H2,1H3,(H,19,21)(H2,16,17,18). The molecule has 0 spiro atoms. The Morgan fingerprint density at radius 2 is 2.23 bits per heavy atom. The molecular formula is C15H17N5O2. The van der Waals surface area contributed by atoms with Crippen LogP contribution in [0.2, 0.25) is 0 Å². The number of hydrogen-bond donors (Lipinski definition) is 2. The van der Waals surface area contributed by atoms with Gasteiger partial charge in [-0.1, -0.05) is 12.1 Å². The van der Waals surface area contributed by atoms with Crippen molar-refractivity contribution < 1.29 is 9.53 Å². The number of benzene rings is 1. The Hall–Kier alpha value is -2.83. The lowest BCUT2D eigenvalue weighted by atomic mass is 10.1. The molecule has 0 saturated heterocycles. The molecule has 7 heteroatoms. The van der Waals surface area contributed by atoms with Crippen molar-refractivity contribution >= 4 is 17.7 Å². The summed E-state index contributed by atoms with van der Waals surface area (Å²) in [5.41, 5.74) is 8.09. The molecule has 114 valence electrons. The molecular weight excluding hydrogens is 282 g/mol. The number of para-hydroxylation sites is 2. The maximum atomic E-state index is 12.4. The molecule has 1 aromatic carbocycles. The van der Waals surface area contributed by atoms with Gasteiger partial charge in [-0.25, -0.2) is 14.8 Å². The van der Waals surface area contributed by atoms with Gasteiger partial charge in [0, 0.05) is 12.7 Å². The van der Waals surface area contributed by atoms with Crippen LogP contribution in [0.3, 0.4) is 0 Å². The lowest BCUT2D eigenvalue weighted by Gasteiger charge is -2.28. The van der Waals surface area contributed by atoms with Crippen LogP contribution in [-0.4, -0.2) is 34.6 Å². The second kappa shape index (κ2) is 5.88. The van der Waals surface area contributed by atoms with E-state index in [2.05, 4.69) is 15.3 Å². The molecule has 0 radical (unpaired) electrons. The van der Waals surface area contributed by atoms with Crippen molar-refractivity contribution in [2.45, 2.75) is 13.0 Å². The third-order valence-electron chi connectivity index (χ3n) is 3.60. The third-order valence-corrected chi connectivity index (χ3v) is 3.60. The van der Waals surface area contributed by atoms with Crippen molar-refractivity contribution in [2.75, 3.05) is 24.7 Å². The average Bonchev–Trinajstić information content (AvgIpc) is 2.54. The average molecular weight is 299 g/mol. The number of urea groups is 1. The molecule has 0 fully saturated rings. The Kier molecular flexibility index (Phi) is 3.78. The van der Waals surface area contributed by atoms with Crippen LogP contribution in [0.4, 0.5) is 16.4 Å². The van der Waals surface area contributed by atoms with Crippen molar-refractivity contribution in [1.29, 1.82) is 0 Å². The van der Waals surface area contributed by atoms with Gasteiger partial charge in [-0.05, 0) is 24.1 Å². The normalized spacial score (nSPS) is 13.4. The first kappa shape index (κ1) is 14.1. The van der Waals surface area contributed by atoms with Crippen molar-refractivity contribution in [3.8, 4) is 5.75 Å². The molecule has 0 aliphatic carbocycles. The van der Waals surface area contributed by atoms with Crippen LogP contribution in [0, 0.1) is 0 Å². The highest BCUT2D eigenvalue weighted by Crippen LogP contribution is 2.24. The van der Waals surface area contributed by atoms with Gasteiger partial charge in [0.25, 0.3) is 0 Å². The number of nitrogens with zero attached hydrogens (tertiary/aromatic N) is 3. The zero-order valence-corrected chi connectivity index (χ0v) is 12.2. The number of amides is 2. The predicted molar refractivity (Wildman–Crippen MR) is 82.6 cm³/mol. The summed E-state index contributed by atoms with van der Waals surface area (Å²) in [6, 6.07) is 7.11. The van der Waals surface area contributed by atoms with E-state index in [9.17, 15) is 4.79 Å². The molecule has 22 heavy (non-hydrogen) atoms. The first-order valence-electron chi connectivity index (χ1n) is 6.96. The molecule has 1 aromatic heterocycles. The monoisotopic (exact) mass is 299 g/mol. The number of nitrogen functional groups attached to an aromatic ring is 1. The number of anilines is 2. The highest BCUT2D eigenvalue weighted by molar-refractivity contribution is 5.91. The zero-order chi connectivity index (χ0) is 15.5. The van der Waals surface area contributed by atoms with Crippen LogP contribution in [0.5, 0.6) is 5.75 Å². The Morgan fingerprint density at radius 3 is 3.05 bits per heavy atom. The van der Waals surface area contributed by atoms with Gasteiger partial charge < -0.3 is 20.7 Å². The SMILES string of the molecule is COc1ccccc1NC(=O)N1CCc2cnc(N)nc2C1.